The van der Waals surface area contributed by atoms with Gasteiger partial charge in [-0.3, -0.25) is 0 Å². The van der Waals surface area contributed by atoms with Crippen LogP contribution in [0, 0.1) is 0 Å². The smallest absolute Gasteiger partial charge is 0.342 e. The highest BCUT2D eigenvalue weighted by molar-refractivity contribution is 6.76. The number of methoxy groups -OCH3 is 5. The molecule has 23 nitrogen and oxygen atoms in total. The molecule has 7 rings (SSSR count). The van der Waals surface area contributed by atoms with E-state index in [0.717, 1.165) is 23.4 Å². The Labute approximate surface area is 633 Å². The Morgan fingerprint density at radius 2 is 0.897 bits per heavy atom. The predicted octanol–water partition coefficient (Wildman–Crippen LogP) is 15.5. The normalized spacial score (nSPS) is 18.1. The van der Waals surface area contributed by atoms with Gasteiger partial charge in [-0.25, -0.2) is 19.2 Å². The van der Waals surface area contributed by atoms with Gasteiger partial charge in [-0.15, -0.1) is 0 Å². The molecule has 2 aliphatic heterocycles. The molecule has 6 unspecified atom stereocenters. The first kappa shape index (κ1) is 87.9. The van der Waals surface area contributed by atoms with Crippen LogP contribution in [-0.2, 0) is 68.2 Å². The lowest BCUT2D eigenvalue weighted by molar-refractivity contribution is -0.153. The third-order valence-corrected chi connectivity index (χ3v) is 19.8. The van der Waals surface area contributed by atoms with Gasteiger partial charge in [0.2, 0.25) is 0 Å². The first-order chi connectivity index (χ1) is 50.9. The molecule has 2 fully saturated rings. The van der Waals surface area contributed by atoms with Crippen LogP contribution in [0.1, 0.15) is 125 Å². The van der Waals surface area contributed by atoms with Crippen LogP contribution >= 0.6 is 0 Å². The topological polar surface area (TPSA) is 255 Å². The number of esters is 4. The SMILES string of the molecule is COCOc1cc(/C=C/CC2OC(C)(C)OC2C(/C=C\C[C@@H](C)O)OC(=O)c2ccccc2)c(C(=O)OCC[Si](C)(C)C)c(OCOC)c1.COCOc1cc(/C=C/CC2OC(C)(C)OC2C(/C=C\C[C@H](C)OCc2ccc(OC)cc2)OC(=O)c2ccccc2)c(C(=O)OCC[Si](C)(C)C)c(OCOC)c1. The van der Waals surface area contributed by atoms with Gasteiger partial charge in [0.25, 0.3) is 0 Å². The third-order valence-electron chi connectivity index (χ3n) is 16.4. The minimum absolute atomic E-state index is 0.0114. The van der Waals surface area contributed by atoms with Crippen molar-refractivity contribution >= 4 is 52.2 Å². The van der Waals surface area contributed by atoms with Crippen LogP contribution in [0.2, 0.25) is 51.4 Å². The maximum absolute atomic E-state index is 13.7. The van der Waals surface area contributed by atoms with E-state index < -0.39 is 94.3 Å². The van der Waals surface area contributed by atoms with E-state index in [1.807, 2.05) is 81.5 Å². The van der Waals surface area contributed by atoms with Gasteiger partial charge in [0.15, 0.2) is 38.7 Å². The van der Waals surface area contributed by atoms with Crippen LogP contribution in [0.5, 0.6) is 28.7 Å². The Balaban J connectivity index is 0.000000340. The fourth-order valence-electron chi connectivity index (χ4n) is 11.0. The molecule has 1 N–H and O–H groups in total. The minimum Gasteiger partial charge on any atom is -0.497 e. The summed E-state index contributed by atoms with van der Waals surface area (Å²) in [7, 11) is 4.73. The molecule has 0 bridgehead atoms. The summed E-state index contributed by atoms with van der Waals surface area (Å²) in [5.74, 6) is -1.90. The average Bonchev–Trinajstić information content (AvgIpc) is 1.78. The van der Waals surface area contributed by atoms with Gasteiger partial charge < -0.3 is 90.4 Å². The molecule has 2 aliphatic rings. The average molecular weight is 1520 g/mol. The fraction of sp³-hybridized carbons (Fsp3) is 0.488. The Bertz CT molecular complexity index is 3660. The lowest BCUT2D eigenvalue weighted by Gasteiger charge is -2.24. The number of aliphatic hydroxyl groups is 1. The number of carbonyl (C=O) groups is 4. The summed E-state index contributed by atoms with van der Waals surface area (Å²) in [6, 6.07) is 33.5. The molecule has 107 heavy (non-hydrogen) atoms. The van der Waals surface area contributed by atoms with E-state index in [9.17, 15) is 24.3 Å². The number of carbonyl (C=O) groups excluding carboxylic acids is 4. The molecule has 0 aliphatic carbocycles. The van der Waals surface area contributed by atoms with Crippen molar-refractivity contribution in [3.63, 3.8) is 0 Å². The molecule has 0 saturated carbocycles. The van der Waals surface area contributed by atoms with Crippen molar-refractivity contribution in [3.8, 4) is 28.7 Å². The van der Waals surface area contributed by atoms with Crippen molar-refractivity contribution < 1.29 is 110 Å². The first-order valence-corrected chi connectivity index (χ1v) is 43.4. The lowest BCUT2D eigenvalue weighted by atomic mass is 10.0. The second-order valence-corrected chi connectivity index (χ2v) is 40.3. The quantitative estimate of drug-likeness (QED) is 0.0125. The van der Waals surface area contributed by atoms with E-state index in [2.05, 4.69) is 39.3 Å². The van der Waals surface area contributed by atoms with Crippen molar-refractivity contribution in [1.82, 2.24) is 0 Å². The predicted molar refractivity (Wildman–Crippen MR) is 412 cm³/mol. The zero-order chi connectivity index (χ0) is 78.2. The lowest BCUT2D eigenvalue weighted by Crippen LogP contribution is -2.37. The van der Waals surface area contributed by atoms with Crippen molar-refractivity contribution in [1.29, 1.82) is 0 Å². The highest BCUT2D eigenvalue weighted by Crippen LogP contribution is 2.38. The molecular formula is C82H112O23Si2. The van der Waals surface area contributed by atoms with E-state index in [-0.39, 0.29) is 62.5 Å². The van der Waals surface area contributed by atoms with Crippen molar-refractivity contribution in [2.24, 2.45) is 0 Å². The Morgan fingerprint density at radius 1 is 0.495 bits per heavy atom. The zero-order valence-corrected chi connectivity index (χ0v) is 67.3. The fourth-order valence-corrected chi connectivity index (χ4v) is 12.4. The van der Waals surface area contributed by atoms with Crippen LogP contribution in [0.4, 0.5) is 0 Å². The van der Waals surface area contributed by atoms with Gasteiger partial charge >= 0.3 is 23.9 Å². The number of rotatable bonds is 42. The summed E-state index contributed by atoms with van der Waals surface area (Å²) in [4.78, 5) is 53.8. The second-order valence-electron chi connectivity index (χ2n) is 29.0. The van der Waals surface area contributed by atoms with Crippen molar-refractivity contribution in [3.05, 3.63) is 185 Å². The minimum atomic E-state index is -1.47. The monoisotopic (exact) mass is 1520 g/mol. The third kappa shape index (κ3) is 30.9. The van der Waals surface area contributed by atoms with Gasteiger partial charge in [0.05, 0.1) is 62.5 Å². The molecule has 0 aromatic heterocycles. The maximum Gasteiger partial charge on any atom is 0.342 e. The number of hydrogen-bond donors (Lipinski definition) is 1. The molecule has 2 heterocycles. The summed E-state index contributed by atoms with van der Waals surface area (Å²) in [6.45, 7) is 25.0. The van der Waals surface area contributed by atoms with Gasteiger partial charge in [0.1, 0.15) is 64.3 Å². The Hall–Kier alpha value is -8.03. The molecule has 0 amide bonds. The van der Waals surface area contributed by atoms with Crippen molar-refractivity contribution in [2.75, 3.05) is 75.9 Å². The largest absolute Gasteiger partial charge is 0.497 e. The van der Waals surface area contributed by atoms with E-state index in [0.29, 0.717) is 72.6 Å². The molecule has 2 saturated heterocycles. The number of benzene rings is 5. The summed E-state index contributed by atoms with van der Waals surface area (Å²) in [5.41, 5.74) is 3.30. The molecule has 586 valence electrons. The molecule has 0 spiro atoms. The van der Waals surface area contributed by atoms with Crippen LogP contribution < -0.4 is 23.7 Å². The van der Waals surface area contributed by atoms with Gasteiger partial charge in [-0.1, -0.05) is 124 Å². The second kappa shape index (κ2) is 43.8. The number of ether oxygens (including phenoxy) is 18. The van der Waals surface area contributed by atoms with Crippen molar-refractivity contribution in [2.45, 2.75) is 186 Å². The summed E-state index contributed by atoms with van der Waals surface area (Å²) in [6.07, 6.45) is 11.4. The van der Waals surface area contributed by atoms with Gasteiger partial charge in [0, 0.05) is 56.7 Å². The highest BCUT2D eigenvalue weighted by Gasteiger charge is 2.47. The van der Waals surface area contributed by atoms with Gasteiger partial charge in [-0.2, -0.15) is 0 Å². The Kier molecular flexibility index (Phi) is 36.0. The van der Waals surface area contributed by atoms with Crippen LogP contribution in [0.3, 0.4) is 0 Å². The number of aliphatic hydroxyl groups excluding tert-OH is 1. The molecule has 5 aromatic carbocycles. The Morgan fingerprint density at radius 3 is 1.28 bits per heavy atom. The molecule has 5 aromatic rings. The van der Waals surface area contributed by atoms with E-state index in [4.69, 9.17) is 85.3 Å². The maximum atomic E-state index is 13.7. The zero-order valence-electron chi connectivity index (χ0n) is 65.3. The first-order valence-electron chi connectivity index (χ1n) is 35.9. The van der Waals surface area contributed by atoms with E-state index in [1.54, 1.807) is 125 Å². The number of hydrogen-bond acceptors (Lipinski definition) is 23. The molecule has 0 radical (unpaired) electrons. The summed E-state index contributed by atoms with van der Waals surface area (Å²) < 4.78 is 104. The molecular weight excluding hydrogens is 1410 g/mol. The van der Waals surface area contributed by atoms with Crippen LogP contribution in [-0.4, -0.2) is 181 Å². The standard InChI is InChI=1S/C45H60O12Si.C37H52O11Si/c1-32(52-29-33-21-23-36(50-6)24-22-33)15-13-19-38(55-43(46)34-16-11-10-12-17-34)42-39(56-45(2,3)57-42)20-14-18-35-27-37(53-30-48-4)28-40(54-31-49-5)41(35)44(47)51-25-26-58(7,8)9;1-26(38)14-12-18-30(46-35(39)27-15-10-9-11-16-27)34-31(47-37(2,3)48-34)19-13-17-28-22-29(44-24-41-4)23-32(45-25-42-5)33(28)36(40)43-20-21-49(6,7)8/h10-14,16-19,21-24,27-28,32,38-39,42H,15,20,25-26,29-31H2,1-9H3;9-13,15-18,22-23,26,30-31,34,38H,14,19-21,24-25H2,1-8H3/b18-14+,19-13-;17-13+,18-12-/t32-,38?,39?,42?;26-,30?,31?,34?/m01/s1. The molecule has 25 heteroatoms. The highest BCUT2D eigenvalue weighted by atomic mass is 28.3. The van der Waals surface area contributed by atoms with Crippen LogP contribution in [0.15, 0.2) is 146 Å². The van der Waals surface area contributed by atoms with Gasteiger partial charge in [-0.05, 0) is 157 Å². The molecule has 8 atom stereocenters. The van der Waals surface area contributed by atoms with E-state index >= 15 is 0 Å². The van der Waals surface area contributed by atoms with Crippen LogP contribution in [0.25, 0.3) is 12.2 Å². The van der Waals surface area contributed by atoms with E-state index in [1.165, 1.54) is 28.4 Å². The summed E-state index contributed by atoms with van der Waals surface area (Å²) >= 11 is 0. The summed E-state index contributed by atoms with van der Waals surface area (Å²) in [5, 5.41) is 9.84.